The van der Waals surface area contributed by atoms with E-state index < -0.39 is 0 Å². The van der Waals surface area contributed by atoms with Crippen molar-refractivity contribution in [3.05, 3.63) is 71.3 Å². The molecule has 2 heteroatoms. The minimum atomic E-state index is 0.234. The van der Waals surface area contributed by atoms with Crippen molar-refractivity contribution in [2.24, 2.45) is 4.99 Å². The molecule has 1 atom stereocenters. The van der Waals surface area contributed by atoms with Crippen LogP contribution in [0.5, 0.6) is 0 Å². The lowest BCUT2D eigenvalue weighted by Gasteiger charge is -2.04. The third kappa shape index (κ3) is 2.84. The molecule has 0 aliphatic carbocycles. The first-order valence-electron chi connectivity index (χ1n) is 6.63. The molecule has 0 saturated heterocycles. The first-order chi connectivity index (χ1) is 9.31. The SMILES string of the molecule is Cc1cccc(C2=N[C@H](Cc3ccccc3)CO2)c1. The molecule has 0 spiro atoms. The molecule has 1 heterocycles. The zero-order chi connectivity index (χ0) is 13.1. The van der Waals surface area contributed by atoms with Crippen LogP contribution in [-0.2, 0) is 11.2 Å². The first kappa shape index (κ1) is 12.0. The Kier molecular flexibility index (Phi) is 3.32. The van der Waals surface area contributed by atoms with Gasteiger partial charge in [-0.25, -0.2) is 4.99 Å². The van der Waals surface area contributed by atoms with Crippen LogP contribution in [0.15, 0.2) is 59.6 Å². The molecule has 0 unspecified atom stereocenters. The Morgan fingerprint density at radius 1 is 1.11 bits per heavy atom. The summed E-state index contributed by atoms with van der Waals surface area (Å²) in [5.41, 5.74) is 3.62. The molecule has 1 aliphatic rings. The highest BCUT2D eigenvalue weighted by Gasteiger charge is 2.20. The number of ether oxygens (including phenoxy) is 1. The van der Waals surface area contributed by atoms with Crippen molar-refractivity contribution in [2.75, 3.05) is 6.61 Å². The van der Waals surface area contributed by atoms with Crippen LogP contribution in [0.3, 0.4) is 0 Å². The molecule has 0 radical (unpaired) electrons. The van der Waals surface area contributed by atoms with Gasteiger partial charge in [-0.3, -0.25) is 0 Å². The van der Waals surface area contributed by atoms with Gasteiger partial charge < -0.3 is 4.74 Å². The summed E-state index contributed by atoms with van der Waals surface area (Å²) >= 11 is 0. The van der Waals surface area contributed by atoms with Gasteiger partial charge in [0.25, 0.3) is 0 Å². The quantitative estimate of drug-likeness (QED) is 0.819. The van der Waals surface area contributed by atoms with Gasteiger partial charge in [-0.2, -0.15) is 0 Å². The monoisotopic (exact) mass is 251 g/mol. The van der Waals surface area contributed by atoms with E-state index >= 15 is 0 Å². The third-order valence-electron chi connectivity index (χ3n) is 3.29. The lowest BCUT2D eigenvalue weighted by atomic mass is 10.1. The van der Waals surface area contributed by atoms with E-state index in [2.05, 4.69) is 54.4 Å². The normalized spacial score (nSPS) is 17.9. The second-order valence-electron chi connectivity index (χ2n) is 4.96. The van der Waals surface area contributed by atoms with E-state index in [0.717, 1.165) is 17.9 Å². The Morgan fingerprint density at radius 3 is 2.74 bits per heavy atom. The molecule has 3 rings (SSSR count). The molecule has 1 aliphatic heterocycles. The maximum absolute atomic E-state index is 5.73. The van der Waals surface area contributed by atoms with E-state index in [9.17, 15) is 0 Å². The van der Waals surface area contributed by atoms with E-state index in [1.807, 2.05) is 12.1 Å². The Hall–Kier alpha value is -2.09. The molecular formula is C17H17NO. The molecule has 0 amide bonds. The van der Waals surface area contributed by atoms with Crippen molar-refractivity contribution in [1.82, 2.24) is 0 Å². The molecule has 2 aromatic carbocycles. The standard InChI is InChI=1S/C17H17NO/c1-13-6-5-9-15(10-13)17-18-16(12-19-17)11-14-7-3-2-4-8-14/h2-10,16H,11-12H2,1H3/t16-/m1/s1. The third-order valence-corrected chi connectivity index (χ3v) is 3.29. The number of rotatable bonds is 3. The van der Waals surface area contributed by atoms with E-state index in [-0.39, 0.29) is 6.04 Å². The largest absolute Gasteiger partial charge is 0.475 e. The van der Waals surface area contributed by atoms with Crippen molar-refractivity contribution >= 4 is 5.90 Å². The van der Waals surface area contributed by atoms with E-state index in [1.165, 1.54) is 11.1 Å². The fraction of sp³-hybridized carbons (Fsp3) is 0.235. The summed E-state index contributed by atoms with van der Waals surface area (Å²) in [5.74, 6) is 0.782. The van der Waals surface area contributed by atoms with Crippen LogP contribution in [0, 0.1) is 6.92 Å². The predicted molar refractivity (Wildman–Crippen MR) is 77.6 cm³/mol. The smallest absolute Gasteiger partial charge is 0.216 e. The van der Waals surface area contributed by atoms with Gasteiger partial charge in [-0.05, 0) is 31.0 Å². The molecule has 19 heavy (non-hydrogen) atoms. The van der Waals surface area contributed by atoms with Crippen LogP contribution in [-0.4, -0.2) is 18.5 Å². The van der Waals surface area contributed by atoms with Crippen molar-refractivity contribution in [2.45, 2.75) is 19.4 Å². The van der Waals surface area contributed by atoms with Crippen molar-refractivity contribution in [3.8, 4) is 0 Å². The molecule has 96 valence electrons. The van der Waals surface area contributed by atoms with Crippen molar-refractivity contribution in [1.29, 1.82) is 0 Å². The van der Waals surface area contributed by atoms with Crippen molar-refractivity contribution < 1.29 is 4.74 Å². The summed E-state index contributed by atoms with van der Waals surface area (Å²) in [6.07, 6.45) is 0.941. The average Bonchev–Trinajstić information content (AvgIpc) is 2.88. The predicted octanol–water partition coefficient (Wildman–Crippen LogP) is 3.38. The van der Waals surface area contributed by atoms with Crippen LogP contribution in [0.2, 0.25) is 0 Å². The van der Waals surface area contributed by atoms with Gasteiger partial charge in [0.1, 0.15) is 6.61 Å². The van der Waals surface area contributed by atoms with Gasteiger partial charge in [0, 0.05) is 5.56 Å². The molecule has 0 bridgehead atoms. The van der Waals surface area contributed by atoms with Gasteiger partial charge in [0.15, 0.2) is 0 Å². The summed E-state index contributed by atoms with van der Waals surface area (Å²) in [6.45, 7) is 2.76. The van der Waals surface area contributed by atoms with Gasteiger partial charge in [0.2, 0.25) is 5.90 Å². The highest BCUT2D eigenvalue weighted by Crippen LogP contribution is 2.16. The lowest BCUT2D eigenvalue weighted by molar-refractivity contribution is 0.317. The molecule has 2 aromatic rings. The van der Waals surface area contributed by atoms with Gasteiger partial charge in [0.05, 0.1) is 6.04 Å². The lowest BCUT2D eigenvalue weighted by Crippen LogP contribution is -2.09. The first-order valence-corrected chi connectivity index (χ1v) is 6.63. The van der Waals surface area contributed by atoms with Gasteiger partial charge in [-0.1, -0.05) is 48.0 Å². The zero-order valence-electron chi connectivity index (χ0n) is 11.0. The van der Waals surface area contributed by atoms with Crippen LogP contribution >= 0.6 is 0 Å². The van der Waals surface area contributed by atoms with Gasteiger partial charge in [-0.15, -0.1) is 0 Å². The van der Waals surface area contributed by atoms with Crippen LogP contribution in [0.4, 0.5) is 0 Å². The van der Waals surface area contributed by atoms with E-state index in [0.29, 0.717) is 6.61 Å². The molecule has 0 saturated carbocycles. The number of benzene rings is 2. The van der Waals surface area contributed by atoms with Crippen LogP contribution in [0.1, 0.15) is 16.7 Å². The Bertz CT molecular complexity index is 589. The molecule has 2 nitrogen and oxygen atoms in total. The molecule has 0 fully saturated rings. The summed E-state index contributed by atoms with van der Waals surface area (Å²) in [4.78, 5) is 4.69. The van der Waals surface area contributed by atoms with Crippen LogP contribution in [0.25, 0.3) is 0 Å². The molecule has 0 N–H and O–H groups in total. The van der Waals surface area contributed by atoms with E-state index in [1.54, 1.807) is 0 Å². The second kappa shape index (κ2) is 5.27. The Balaban J connectivity index is 1.74. The van der Waals surface area contributed by atoms with Gasteiger partial charge >= 0.3 is 0 Å². The minimum absolute atomic E-state index is 0.234. The number of nitrogens with zero attached hydrogens (tertiary/aromatic N) is 1. The summed E-state index contributed by atoms with van der Waals surface area (Å²) < 4.78 is 5.73. The Morgan fingerprint density at radius 2 is 1.95 bits per heavy atom. The number of aryl methyl sites for hydroxylation is 1. The molecular weight excluding hydrogens is 234 g/mol. The minimum Gasteiger partial charge on any atom is -0.475 e. The van der Waals surface area contributed by atoms with Crippen molar-refractivity contribution in [3.63, 3.8) is 0 Å². The second-order valence-corrected chi connectivity index (χ2v) is 4.96. The highest BCUT2D eigenvalue weighted by molar-refractivity contribution is 5.95. The number of hydrogen-bond donors (Lipinski definition) is 0. The summed E-state index contributed by atoms with van der Waals surface area (Å²) in [6, 6.07) is 19.0. The van der Waals surface area contributed by atoms with Crippen LogP contribution < -0.4 is 0 Å². The summed E-state index contributed by atoms with van der Waals surface area (Å²) in [7, 11) is 0. The Labute approximate surface area is 113 Å². The number of aliphatic imine (C=N–C) groups is 1. The maximum Gasteiger partial charge on any atom is 0.216 e. The zero-order valence-corrected chi connectivity index (χ0v) is 11.0. The number of hydrogen-bond acceptors (Lipinski definition) is 2. The topological polar surface area (TPSA) is 21.6 Å². The highest BCUT2D eigenvalue weighted by atomic mass is 16.5. The average molecular weight is 251 g/mol. The molecule has 0 aromatic heterocycles. The maximum atomic E-state index is 5.73. The van der Waals surface area contributed by atoms with E-state index in [4.69, 9.17) is 4.74 Å². The fourth-order valence-corrected chi connectivity index (χ4v) is 2.34. The fourth-order valence-electron chi connectivity index (χ4n) is 2.34. The summed E-state index contributed by atoms with van der Waals surface area (Å²) in [5, 5.41) is 0.